The van der Waals surface area contributed by atoms with Crippen LogP contribution in [0.25, 0.3) is 11.4 Å². The predicted molar refractivity (Wildman–Crippen MR) is 105 cm³/mol. The number of benzene rings is 1. The minimum atomic E-state index is -0.0711. The molecule has 7 heteroatoms. The molecule has 1 aromatic carbocycles. The number of hydrogen-bond acceptors (Lipinski definition) is 4. The van der Waals surface area contributed by atoms with Gasteiger partial charge in [-0.15, -0.1) is 0 Å². The summed E-state index contributed by atoms with van der Waals surface area (Å²) in [7, 11) is 0. The lowest BCUT2D eigenvalue weighted by Crippen LogP contribution is -2.23. The molecule has 1 aliphatic rings. The highest BCUT2D eigenvalue weighted by Crippen LogP contribution is 2.41. The molecule has 0 saturated carbocycles. The van der Waals surface area contributed by atoms with E-state index in [0.29, 0.717) is 18.8 Å². The first-order valence-electron chi connectivity index (χ1n) is 9.14. The van der Waals surface area contributed by atoms with Crippen LogP contribution in [-0.2, 0) is 11.3 Å². The smallest absolute Gasteiger partial charge is 0.226 e. The molecule has 2 N–H and O–H groups in total. The molecule has 1 atom stereocenters. The molecular weight excluding hydrogens is 352 g/mol. The van der Waals surface area contributed by atoms with Crippen molar-refractivity contribution in [2.24, 2.45) is 0 Å². The van der Waals surface area contributed by atoms with E-state index in [2.05, 4.69) is 49.9 Å². The van der Waals surface area contributed by atoms with Gasteiger partial charge < -0.3 is 5.32 Å². The molecule has 1 amide bonds. The molecule has 0 radical (unpaired) electrons. The second-order valence-corrected chi connectivity index (χ2v) is 6.83. The largest absolute Gasteiger partial charge is 0.309 e. The van der Waals surface area contributed by atoms with Crippen LogP contribution in [-0.4, -0.2) is 30.9 Å². The molecule has 0 bridgehead atoms. The van der Waals surface area contributed by atoms with Crippen LogP contribution in [0.1, 0.15) is 29.0 Å². The average Bonchev–Trinajstić information content (AvgIpc) is 3.38. The van der Waals surface area contributed by atoms with Crippen molar-refractivity contribution in [1.82, 2.24) is 25.0 Å². The number of rotatable bonds is 4. The zero-order chi connectivity index (χ0) is 18.9. The lowest BCUT2D eigenvalue weighted by molar-refractivity contribution is -0.116. The maximum Gasteiger partial charge on any atom is 0.226 e. The number of fused-ring (bicyclic) bond motifs is 1. The van der Waals surface area contributed by atoms with Crippen molar-refractivity contribution in [3.8, 4) is 11.4 Å². The fourth-order valence-electron chi connectivity index (χ4n) is 3.68. The Morgan fingerprint density at radius 3 is 2.71 bits per heavy atom. The number of aromatic nitrogens is 5. The molecule has 4 heterocycles. The van der Waals surface area contributed by atoms with Crippen LogP contribution >= 0.6 is 0 Å². The summed E-state index contributed by atoms with van der Waals surface area (Å²) in [6, 6.07) is 16.0. The van der Waals surface area contributed by atoms with Gasteiger partial charge in [0.2, 0.25) is 5.91 Å². The zero-order valence-electron chi connectivity index (χ0n) is 15.0. The van der Waals surface area contributed by atoms with Gasteiger partial charge >= 0.3 is 0 Å². The van der Waals surface area contributed by atoms with Crippen LogP contribution in [0.3, 0.4) is 0 Å². The Hall–Kier alpha value is -3.74. The maximum atomic E-state index is 12.2. The maximum absolute atomic E-state index is 12.2. The fraction of sp³-hybridized carbons (Fsp3) is 0.143. The Balaban J connectivity index is 1.51. The van der Waals surface area contributed by atoms with Crippen LogP contribution in [0.15, 0.2) is 67.1 Å². The van der Waals surface area contributed by atoms with E-state index in [0.717, 1.165) is 28.1 Å². The minimum absolute atomic E-state index is 0.0304. The molecule has 4 aromatic rings. The van der Waals surface area contributed by atoms with Gasteiger partial charge in [0.15, 0.2) is 5.82 Å². The van der Waals surface area contributed by atoms with Gasteiger partial charge in [0.1, 0.15) is 0 Å². The number of aromatic amines is 1. The van der Waals surface area contributed by atoms with Crippen molar-refractivity contribution in [1.29, 1.82) is 0 Å². The van der Waals surface area contributed by atoms with Crippen LogP contribution in [0.2, 0.25) is 0 Å². The van der Waals surface area contributed by atoms with E-state index in [1.165, 1.54) is 0 Å². The molecule has 28 heavy (non-hydrogen) atoms. The number of carbonyl (C=O) groups excluding carboxylic acids is 1. The molecular formula is C21H18N6O. The fourth-order valence-corrected chi connectivity index (χ4v) is 3.68. The van der Waals surface area contributed by atoms with E-state index in [9.17, 15) is 4.79 Å². The number of nitrogens with zero attached hydrogens (tertiary/aromatic N) is 4. The third kappa shape index (κ3) is 2.96. The highest BCUT2D eigenvalue weighted by Gasteiger charge is 2.32. The summed E-state index contributed by atoms with van der Waals surface area (Å²) in [4.78, 5) is 16.7. The standard InChI is InChI=1S/C21H18N6O/c28-18-12-16(15-7-5-14(6-8-15)13-27-11-3-10-23-27)19-20(25-26-21(19)24-18)17-4-1-2-9-22-17/h1-11,16H,12-13H2,(H2,24,25,26,28). The van der Waals surface area contributed by atoms with E-state index in [1.807, 2.05) is 35.1 Å². The van der Waals surface area contributed by atoms with Gasteiger partial charge in [-0.3, -0.25) is 19.6 Å². The molecule has 138 valence electrons. The van der Waals surface area contributed by atoms with Crippen LogP contribution in [0.4, 0.5) is 5.82 Å². The molecule has 0 spiro atoms. The molecule has 0 fully saturated rings. The Morgan fingerprint density at radius 1 is 1.07 bits per heavy atom. The second kappa shape index (κ2) is 6.77. The number of nitrogens with one attached hydrogen (secondary N) is 2. The Kier molecular flexibility index (Phi) is 3.97. The van der Waals surface area contributed by atoms with Crippen LogP contribution in [0.5, 0.6) is 0 Å². The number of anilines is 1. The van der Waals surface area contributed by atoms with Gasteiger partial charge in [-0.2, -0.15) is 10.2 Å². The first-order valence-corrected chi connectivity index (χ1v) is 9.14. The van der Waals surface area contributed by atoms with E-state index in [1.54, 1.807) is 12.4 Å². The third-order valence-electron chi connectivity index (χ3n) is 5.01. The average molecular weight is 370 g/mol. The molecule has 5 rings (SSSR count). The van der Waals surface area contributed by atoms with Crippen molar-refractivity contribution in [2.45, 2.75) is 18.9 Å². The zero-order valence-corrected chi connectivity index (χ0v) is 15.0. The lowest BCUT2D eigenvalue weighted by Gasteiger charge is -2.23. The Morgan fingerprint density at radius 2 is 1.96 bits per heavy atom. The SMILES string of the molecule is O=C1CC(c2ccc(Cn3cccn3)cc2)c2c(n[nH]c2-c2ccccn2)N1. The summed E-state index contributed by atoms with van der Waals surface area (Å²) in [5.74, 6) is 0.484. The van der Waals surface area contributed by atoms with E-state index >= 15 is 0 Å². The van der Waals surface area contributed by atoms with Crippen molar-refractivity contribution < 1.29 is 4.79 Å². The first kappa shape index (κ1) is 16.4. The summed E-state index contributed by atoms with van der Waals surface area (Å²) in [6.07, 6.45) is 5.85. The van der Waals surface area contributed by atoms with Crippen LogP contribution < -0.4 is 5.32 Å². The highest BCUT2D eigenvalue weighted by molar-refractivity contribution is 5.95. The van der Waals surface area contributed by atoms with Crippen molar-refractivity contribution in [3.63, 3.8) is 0 Å². The van der Waals surface area contributed by atoms with Gasteiger partial charge in [-0.25, -0.2) is 0 Å². The van der Waals surface area contributed by atoms with Gasteiger partial charge in [-0.1, -0.05) is 30.3 Å². The Labute approximate surface area is 161 Å². The van der Waals surface area contributed by atoms with Gasteiger partial charge in [0, 0.05) is 36.5 Å². The summed E-state index contributed by atoms with van der Waals surface area (Å²) < 4.78 is 1.89. The minimum Gasteiger partial charge on any atom is -0.309 e. The molecule has 1 aliphatic heterocycles. The van der Waals surface area contributed by atoms with Crippen molar-refractivity contribution >= 4 is 11.7 Å². The van der Waals surface area contributed by atoms with E-state index in [4.69, 9.17) is 0 Å². The molecule has 1 unspecified atom stereocenters. The van der Waals surface area contributed by atoms with Gasteiger partial charge in [0.25, 0.3) is 0 Å². The van der Waals surface area contributed by atoms with E-state index in [-0.39, 0.29) is 11.8 Å². The number of amides is 1. The normalized spacial score (nSPS) is 15.9. The quantitative estimate of drug-likeness (QED) is 0.577. The van der Waals surface area contributed by atoms with Crippen molar-refractivity contribution in [3.05, 3.63) is 83.8 Å². The van der Waals surface area contributed by atoms with Gasteiger partial charge in [0.05, 0.1) is 17.9 Å². The molecule has 7 nitrogen and oxygen atoms in total. The number of carbonyl (C=O) groups is 1. The predicted octanol–water partition coefficient (Wildman–Crippen LogP) is 3.19. The summed E-state index contributed by atoms with van der Waals surface area (Å²) >= 11 is 0. The van der Waals surface area contributed by atoms with Gasteiger partial charge in [-0.05, 0) is 29.3 Å². The summed E-state index contributed by atoms with van der Waals surface area (Å²) in [6.45, 7) is 0.717. The summed E-state index contributed by atoms with van der Waals surface area (Å²) in [5.41, 5.74) is 4.89. The first-order chi connectivity index (χ1) is 13.8. The monoisotopic (exact) mass is 370 g/mol. The van der Waals surface area contributed by atoms with E-state index < -0.39 is 0 Å². The number of H-pyrrole nitrogens is 1. The molecule has 0 saturated heterocycles. The summed E-state index contributed by atoms with van der Waals surface area (Å²) in [5, 5.41) is 14.5. The molecule has 0 aliphatic carbocycles. The topological polar surface area (TPSA) is 88.5 Å². The number of pyridine rings is 1. The van der Waals surface area contributed by atoms with Crippen LogP contribution in [0, 0.1) is 0 Å². The van der Waals surface area contributed by atoms with Crippen molar-refractivity contribution in [2.75, 3.05) is 5.32 Å². The third-order valence-corrected chi connectivity index (χ3v) is 5.01. The molecule has 3 aromatic heterocycles. The lowest BCUT2D eigenvalue weighted by atomic mass is 9.85. The second-order valence-electron chi connectivity index (χ2n) is 6.83. The number of hydrogen-bond donors (Lipinski definition) is 2. The highest BCUT2D eigenvalue weighted by atomic mass is 16.1. The Bertz CT molecular complexity index is 1100.